The molecule has 0 amide bonds. The molecule has 0 aliphatic heterocycles. The number of ether oxygens (including phenoxy) is 1. The van der Waals surface area contributed by atoms with Crippen LogP contribution in [0.15, 0.2) is 47.5 Å². The van der Waals surface area contributed by atoms with E-state index in [1.165, 1.54) is 0 Å². The summed E-state index contributed by atoms with van der Waals surface area (Å²) in [6.07, 6.45) is 1.79. The second-order valence-electron chi connectivity index (χ2n) is 3.82. The van der Waals surface area contributed by atoms with Gasteiger partial charge in [-0.15, -0.1) is 0 Å². The minimum Gasteiger partial charge on any atom is -0.493 e. The topological polar surface area (TPSA) is 21.6 Å². The Labute approximate surface area is 131 Å². The average molecular weight is 386 g/mol. The van der Waals surface area contributed by atoms with E-state index in [1.54, 1.807) is 6.21 Å². The maximum Gasteiger partial charge on any atom is 0.128 e. The van der Waals surface area contributed by atoms with Gasteiger partial charge in [-0.25, -0.2) is 0 Å². The van der Waals surface area contributed by atoms with Gasteiger partial charge in [0.05, 0.1) is 12.3 Å². The molecule has 0 heterocycles. The SMILES string of the molecule is CCOc1ccc(Cl)cc1C=Nc1ccccc1I. The molecule has 0 aliphatic carbocycles. The lowest BCUT2D eigenvalue weighted by Crippen LogP contribution is -1.95. The molecule has 0 spiro atoms. The number of para-hydroxylation sites is 1. The third kappa shape index (κ3) is 3.94. The Morgan fingerprint density at radius 2 is 2.05 bits per heavy atom. The van der Waals surface area contributed by atoms with Crippen LogP contribution in [0.1, 0.15) is 12.5 Å². The van der Waals surface area contributed by atoms with E-state index in [9.17, 15) is 0 Å². The van der Waals surface area contributed by atoms with Crippen molar-refractivity contribution in [2.24, 2.45) is 4.99 Å². The van der Waals surface area contributed by atoms with E-state index >= 15 is 0 Å². The van der Waals surface area contributed by atoms with Crippen LogP contribution >= 0.6 is 34.2 Å². The summed E-state index contributed by atoms with van der Waals surface area (Å²) < 4.78 is 6.67. The molecule has 0 atom stereocenters. The highest BCUT2D eigenvalue weighted by Gasteiger charge is 2.02. The molecular formula is C15H13ClINO. The molecular weight excluding hydrogens is 373 g/mol. The van der Waals surface area contributed by atoms with Crippen LogP contribution in [0.3, 0.4) is 0 Å². The zero-order valence-electron chi connectivity index (χ0n) is 10.4. The molecule has 0 saturated carbocycles. The van der Waals surface area contributed by atoms with Gasteiger partial charge in [-0.05, 0) is 59.8 Å². The standard InChI is InChI=1S/C15H13ClINO/c1-2-19-15-8-7-12(16)9-11(15)10-18-14-6-4-3-5-13(14)17/h3-10H,2H2,1H3. The van der Waals surface area contributed by atoms with Gasteiger partial charge < -0.3 is 4.74 Å². The molecule has 2 aromatic rings. The number of nitrogens with zero attached hydrogens (tertiary/aromatic N) is 1. The molecule has 0 bridgehead atoms. The van der Waals surface area contributed by atoms with Crippen molar-refractivity contribution >= 4 is 46.1 Å². The zero-order valence-corrected chi connectivity index (χ0v) is 13.4. The van der Waals surface area contributed by atoms with Crippen molar-refractivity contribution < 1.29 is 4.74 Å². The van der Waals surface area contributed by atoms with Gasteiger partial charge >= 0.3 is 0 Å². The fourth-order valence-electron chi connectivity index (χ4n) is 1.60. The minimum absolute atomic E-state index is 0.616. The van der Waals surface area contributed by atoms with E-state index in [0.29, 0.717) is 11.6 Å². The Hall–Kier alpha value is -1.07. The summed E-state index contributed by atoms with van der Waals surface area (Å²) in [6, 6.07) is 13.5. The first kappa shape index (κ1) is 14.3. The van der Waals surface area contributed by atoms with Crippen molar-refractivity contribution in [2.45, 2.75) is 6.92 Å². The fourth-order valence-corrected chi connectivity index (χ4v) is 2.31. The molecule has 2 aromatic carbocycles. The molecule has 0 aromatic heterocycles. The summed E-state index contributed by atoms with van der Waals surface area (Å²) >= 11 is 8.28. The summed E-state index contributed by atoms with van der Waals surface area (Å²) in [6.45, 7) is 2.57. The Bertz CT molecular complexity index is 598. The van der Waals surface area contributed by atoms with Gasteiger partial charge in [-0.1, -0.05) is 23.7 Å². The molecule has 0 aliphatic rings. The highest BCUT2D eigenvalue weighted by Crippen LogP contribution is 2.24. The summed E-state index contributed by atoms with van der Waals surface area (Å²) in [5.74, 6) is 0.793. The molecule has 0 saturated heterocycles. The largest absolute Gasteiger partial charge is 0.493 e. The van der Waals surface area contributed by atoms with Gasteiger partial charge in [0.1, 0.15) is 5.75 Å². The first-order chi connectivity index (χ1) is 9.20. The molecule has 4 heteroatoms. The van der Waals surface area contributed by atoms with Crippen LogP contribution in [0.5, 0.6) is 5.75 Å². The Morgan fingerprint density at radius 1 is 1.26 bits per heavy atom. The molecule has 2 nitrogen and oxygen atoms in total. The summed E-state index contributed by atoms with van der Waals surface area (Å²) in [4.78, 5) is 4.49. The smallest absolute Gasteiger partial charge is 0.128 e. The molecule has 98 valence electrons. The van der Waals surface area contributed by atoms with Gasteiger partial charge in [-0.3, -0.25) is 4.99 Å². The quantitative estimate of drug-likeness (QED) is 0.530. The Morgan fingerprint density at radius 3 is 2.79 bits per heavy atom. The van der Waals surface area contributed by atoms with Gasteiger partial charge in [0.15, 0.2) is 0 Å². The van der Waals surface area contributed by atoms with Crippen LogP contribution in [-0.2, 0) is 0 Å². The summed E-state index contributed by atoms with van der Waals surface area (Å²) in [7, 11) is 0. The van der Waals surface area contributed by atoms with E-state index in [4.69, 9.17) is 16.3 Å². The van der Waals surface area contributed by atoms with Crippen molar-refractivity contribution in [3.05, 3.63) is 56.6 Å². The highest BCUT2D eigenvalue weighted by atomic mass is 127. The Balaban J connectivity index is 2.32. The molecule has 0 fully saturated rings. The fraction of sp³-hybridized carbons (Fsp3) is 0.133. The van der Waals surface area contributed by atoms with Gasteiger partial charge in [-0.2, -0.15) is 0 Å². The van der Waals surface area contributed by atoms with E-state index in [-0.39, 0.29) is 0 Å². The second kappa shape index (κ2) is 6.91. The number of rotatable bonds is 4. The number of benzene rings is 2. The van der Waals surface area contributed by atoms with Crippen LogP contribution in [-0.4, -0.2) is 12.8 Å². The van der Waals surface area contributed by atoms with Gasteiger partial charge in [0.25, 0.3) is 0 Å². The maximum absolute atomic E-state index is 6.01. The minimum atomic E-state index is 0.616. The van der Waals surface area contributed by atoms with E-state index < -0.39 is 0 Å². The molecule has 0 radical (unpaired) electrons. The Kier molecular flexibility index (Phi) is 5.22. The van der Waals surface area contributed by atoms with Gasteiger partial charge in [0.2, 0.25) is 0 Å². The second-order valence-corrected chi connectivity index (χ2v) is 5.42. The number of aliphatic imine (C=N–C) groups is 1. The van der Waals surface area contributed by atoms with Crippen molar-refractivity contribution in [3.8, 4) is 5.75 Å². The van der Waals surface area contributed by atoms with E-state index in [1.807, 2.05) is 49.4 Å². The molecule has 0 unspecified atom stereocenters. The first-order valence-electron chi connectivity index (χ1n) is 5.91. The summed E-state index contributed by atoms with van der Waals surface area (Å²) in [5.41, 5.74) is 1.82. The molecule has 0 N–H and O–H groups in total. The lowest BCUT2D eigenvalue weighted by molar-refractivity contribution is 0.340. The number of hydrogen-bond donors (Lipinski definition) is 0. The molecule has 2 rings (SSSR count). The van der Waals surface area contributed by atoms with Crippen LogP contribution in [0.4, 0.5) is 5.69 Å². The van der Waals surface area contributed by atoms with Crippen LogP contribution in [0, 0.1) is 3.57 Å². The predicted octanol–water partition coefficient (Wildman–Crippen LogP) is 5.09. The maximum atomic E-state index is 6.01. The van der Waals surface area contributed by atoms with Crippen molar-refractivity contribution in [1.82, 2.24) is 0 Å². The third-order valence-electron chi connectivity index (χ3n) is 2.47. The zero-order chi connectivity index (χ0) is 13.7. The van der Waals surface area contributed by atoms with Crippen LogP contribution < -0.4 is 4.74 Å². The number of hydrogen-bond acceptors (Lipinski definition) is 2. The molecule has 19 heavy (non-hydrogen) atoms. The number of halogens is 2. The highest BCUT2D eigenvalue weighted by molar-refractivity contribution is 14.1. The average Bonchev–Trinajstić information content (AvgIpc) is 2.41. The first-order valence-corrected chi connectivity index (χ1v) is 7.37. The lowest BCUT2D eigenvalue weighted by Gasteiger charge is -2.07. The monoisotopic (exact) mass is 385 g/mol. The van der Waals surface area contributed by atoms with Crippen molar-refractivity contribution in [1.29, 1.82) is 0 Å². The predicted molar refractivity (Wildman–Crippen MR) is 89.0 cm³/mol. The lowest BCUT2D eigenvalue weighted by atomic mass is 10.2. The van der Waals surface area contributed by atoms with E-state index in [0.717, 1.165) is 20.6 Å². The third-order valence-corrected chi connectivity index (χ3v) is 3.61. The van der Waals surface area contributed by atoms with Crippen molar-refractivity contribution in [2.75, 3.05) is 6.61 Å². The van der Waals surface area contributed by atoms with Gasteiger partial charge in [0, 0.05) is 20.4 Å². The van der Waals surface area contributed by atoms with Crippen LogP contribution in [0.25, 0.3) is 0 Å². The van der Waals surface area contributed by atoms with E-state index in [2.05, 4.69) is 27.6 Å². The summed E-state index contributed by atoms with van der Waals surface area (Å²) in [5, 5.41) is 0.674. The van der Waals surface area contributed by atoms with Crippen molar-refractivity contribution in [3.63, 3.8) is 0 Å². The van der Waals surface area contributed by atoms with Crippen LogP contribution in [0.2, 0.25) is 5.02 Å². The normalized spacial score (nSPS) is 10.9.